The lowest BCUT2D eigenvalue weighted by Crippen LogP contribution is -2.35. The fourth-order valence-corrected chi connectivity index (χ4v) is 5.38. The molecular formula is C17H15FN4O4S2. The van der Waals surface area contributed by atoms with Gasteiger partial charge in [0.15, 0.2) is 10.8 Å². The first-order chi connectivity index (χ1) is 13.3. The van der Waals surface area contributed by atoms with E-state index >= 15 is 0 Å². The third-order valence-corrected chi connectivity index (χ3v) is 7.05. The van der Waals surface area contributed by atoms with E-state index in [1.807, 2.05) is 0 Å². The Hall–Kier alpha value is -2.63. The van der Waals surface area contributed by atoms with Crippen molar-refractivity contribution < 1.29 is 22.1 Å². The van der Waals surface area contributed by atoms with E-state index in [1.165, 1.54) is 39.9 Å². The highest BCUT2D eigenvalue weighted by molar-refractivity contribution is 7.89. The molecule has 0 fully saturated rings. The van der Waals surface area contributed by atoms with Crippen molar-refractivity contribution in [3.63, 3.8) is 0 Å². The number of hydrogen-bond acceptors (Lipinski definition) is 7. The molecule has 1 aromatic carbocycles. The van der Waals surface area contributed by atoms with E-state index in [4.69, 9.17) is 4.52 Å². The molecule has 0 saturated heterocycles. The van der Waals surface area contributed by atoms with Crippen LogP contribution in [0, 0.1) is 12.7 Å². The average molecular weight is 422 g/mol. The summed E-state index contributed by atoms with van der Waals surface area (Å²) in [6, 6.07) is 6.44. The molecule has 0 aliphatic carbocycles. The summed E-state index contributed by atoms with van der Waals surface area (Å²) in [5.74, 6) is -0.543. The van der Waals surface area contributed by atoms with Crippen molar-refractivity contribution in [2.75, 3.05) is 11.9 Å². The Morgan fingerprint density at radius 2 is 2.18 bits per heavy atom. The van der Waals surface area contributed by atoms with Gasteiger partial charge < -0.3 is 4.52 Å². The van der Waals surface area contributed by atoms with Crippen molar-refractivity contribution in [2.45, 2.75) is 24.8 Å². The molecule has 11 heteroatoms. The highest BCUT2D eigenvalue weighted by atomic mass is 32.2. The fraction of sp³-hybridized carbons (Fsp3) is 0.235. The summed E-state index contributed by atoms with van der Waals surface area (Å²) in [6.07, 6.45) is 0.402. The van der Waals surface area contributed by atoms with E-state index in [9.17, 15) is 17.6 Å². The number of nitrogens with zero attached hydrogens (tertiary/aromatic N) is 3. The Bertz CT molecular complexity index is 1160. The standard InChI is InChI=1S/C17H15FN4O4S2/c1-10-7-14(21-26-10)16(23)20-17-19-13-5-6-22(9-15(13)27-17)28(24,25)12-4-2-3-11(18)8-12/h2-4,7-8H,5-6,9H2,1H3,(H,19,20,23). The number of carbonyl (C=O) groups is 1. The van der Waals surface area contributed by atoms with Crippen LogP contribution in [0.5, 0.6) is 0 Å². The summed E-state index contributed by atoms with van der Waals surface area (Å²) >= 11 is 1.20. The van der Waals surface area contributed by atoms with Crippen LogP contribution in [0.15, 0.2) is 39.8 Å². The first-order valence-electron chi connectivity index (χ1n) is 8.32. The van der Waals surface area contributed by atoms with Crippen LogP contribution in [0.1, 0.15) is 26.8 Å². The molecule has 0 spiro atoms. The molecule has 0 radical (unpaired) electrons. The summed E-state index contributed by atoms with van der Waals surface area (Å²) in [5, 5.41) is 6.66. The number of fused-ring (bicyclic) bond motifs is 1. The zero-order valence-corrected chi connectivity index (χ0v) is 16.3. The first kappa shape index (κ1) is 18.7. The first-order valence-corrected chi connectivity index (χ1v) is 10.6. The monoisotopic (exact) mass is 422 g/mol. The van der Waals surface area contributed by atoms with Crippen LogP contribution in [0.3, 0.4) is 0 Å². The van der Waals surface area contributed by atoms with Gasteiger partial charge in [-0.25, -0.2) is 17.8 Å². The summed E-state index contributed by atoms with van der Waals surface area (Å²) in [4.78, 5) is 17.2. The Kier molecular flexibility index (Phi) is 4.73. The number of amides is 1. The Morgan fingerprint density at radius 1 is 1.36 bits per heavy atom. The van der Waals surface area contributed by atoms with E-state index in [2.05, 4.69) is 15.5 Å². The second-order valence-electron chi connectivity index (χ2n) is 6.21. The van der Waals surface area contributed by atoms with Gasteiger partial charge >= 0.3 is 0 Å². The highest BCUT2D eigenvalue weighted by Crippen LogP contribution is 2.31. The molecule has 4 rings (SSSR count). The van der Waals surface area contributed by atoms with Crippen LogP contribution in [0.25, 0.3) is 0 Å². The minimum Gasteiger partial charge on any atom is -0.361 e. The van der Waals surface area contributed by atoms with Crippen LogP contribution in [0.4, 0.5) is 9.52 Å². The number of rotatable bonds is 4. The number of halogens is 1. The number of aryl methyl sites for hydroxylation is 1. The molecule has 0 saturated carbocycles. The van der Waals surface area contributed by atoms with Gasteiger partial charge in [-0.15, -0.1) is 11.3 Å². The Balaban J connectivity index is 1.52. The molecule has 0 unspecified atom stereocenters. The molecule has 146 valence electrons. The van der Waals surface area contributed by atoms with Crippen LogP contribution >= 0.6 is 11.3 Å². The predicted octanol–water partition coefficient (Wildman–Crippen LogP) is 2.58. The van der Waals surface area contributed by atoms with E-state index in [-0.39, 0.29) is 23.7 Å². The van der Waals surface area contributed by atoms with Gasteiger partial charge in [-0.1, -0.05) is 11.2 Å². The molecule has 1 aliphatic heterocycles. The maximum atomic E-state index is 13.4. The highest BCUT2D eigenvalue weighted by Gasteiger charge is 2.31. The number of benzene rings is 1. The molecule has 3 aromatic rings. The third-order valence-electron chi connectivity index (χ3n) is 4.21. The van der Waals surface area contributed by atoms with E-state index in [0.717, 1.165) is 16.6 Å². The van der Waals surface area contributed by atoms with Crippen molar-refractivity contribution in [3.05, 3.63) is 58.2 Å². The number of hydrogen-bond donors (Lipinski definition) is 1. The second kappa shape index (κ2) is 7.08. The number of sulfonamides is 1. The zero-order chi connectivity index (χ0) is 19.9. The molecule has 3 heterocycles. The Labute approximate surface area is 164 Å². The van der Waals surface area contributed by atoms with Gasteiger partial charge in [0.1, 0.15) is 11.6 Å². The largest absolute Gasteiger partial charge is 0.361 e. The lowest BCUT2D eigenvalue weighted by Gasteiger charge is -2.25. The maximum Gasteiger partial charge on any atom is 0.279 e. The minimum atomic E-state index is -3.82. The summed E-state index contributed by atoms with van der Waals surface area (Å²) in [6.45, 7) is 2.02. The number of anilines is 1. The van der Waals surface area contributed by atoms with Crippen LogP contribution in [-0.4, -0.2) is 35.3 Å². The van der Waals surface area contributed by atoms with Crippen molar-refractivity contribution in [3.8, 4) is 0 Å². The number of aromatic nitrogens is 2. The molecule has 1 aliphatic rings. The predicted molar refractivity (Wildman–Crippen MR) is 99.0 cm³/mol. The summed E-state index contributed by atoms with van der Waals surface area (Å²) in [7, 11) is -3.82. The van der Waals surface area contributed by atoms with E-state index in [0.29, 0.717) is 17.3 Å². The molecule has 28 heavy (non-hydrogen) atoms. The summed E-state index contributed by atoms with van der Waals surface area (Å²) in [5.41, 5.74) is 0.878. The lowest BCUT2D eigenvalue weighted by atomic mass is 10.2. The normalized spacial score (nSPS) is 14.6. The SMILES string of the molecule is Cc1cc(C(=O)Nc2nc3c(s2)CN(S(=O)(=O)c2cccc(F)c2)CC3)no1. The van der Waals surface area contributed by atoms with Gasteiger partial charge in [-0.05, 0) is 25.1 Å². The number of thiazole rings is 1. The maximum absolute atomic E-state index is 13.4. The Morgan fingerprint density at radius 3 is 2.89 bits per heavy atom. The molecule has 1 amide bonds. The topological polar surface area (TPSA) is 105 Å². The van der Waals surface area contributed by atoms with Gasteiger partial charge in [-0.2, -0.15) is 4.31 Å². The van der Waals surface area contributed by atoms with E-state index < -0.39 is 21.7 Å². The molecule has 1 N–H and O–H groups in total. The van der Waals surface area contributed by atoms with Gasteiger partial charge in [0.05, 0.1) is 17.1 Å². The quantitative estimate of drug-likeness (QED) is 0.693. The minimum absolute atomic E-state index is 0.0876. The van der Waals surface area contributed by atoms with Crippen molar-refractivity contribution in [1.82, 2.24) is 14.4 Å². The van der Waals surface area contributed by atoms with E-state index in [1.54, 1.807) is 6.92 Å². The smallest absolute Gasteiger partial charge is 0.279 e. The lowest BCUT2D eigenvalue weighted by molar-refractivity contribution is 0.101. The van der Waals surface area contributed by atoms with Crippen molar-refractivity contribution in [1.29, 1.82) is 0 Å². The molecule has 8 nitrogen and oxygen atoms in total. The molecule has 2 aromatic heterocycles. The van der Waals surface area contributed by atoms with Gasteiger partial charge in [0.25, 0.3) is 5.91 Å². The second-order valence-corrected chi connectivity index (χ2v) is 9.23. The van der Waals surface area contributed by atoms with Crippen molar-refractivity contribution >= 4 is 32.4 Å². The van der Waals surface area contributed by atoms with Crippen molar-refractivity contribution in [2.24, 2.45) is 0 Å². The van der Waals surface area contributed by atoms with Crippen LogP contribution < -0.4 is 5.32 Å². The van der Waals surface area contributed by atoms with Crippen LogP contribution in [-0.2, 0) is 23.0 Å². The average Bonchev–Trinajstić information content (AvgIpc) is 3.26. The molecular weight excluding hydrogens is 407 g/mol. The van der Waals surface area contributed by atoms with Gasteiger partial charge in [-0.3, -0.25) is 10.1 Å². The van der Waals surface area contributed by atoms with Gasteiger partial charge in [0, 0.05) is 23.9 Å². The zero-order valence-electron chi connectivity index (χ0n) is 14.7. The third kappa shape index (κ3) is 3.55. The fourth-order valence-electron chi connectivity index (χ4n) is 2.84. The summed E-state index contributed by atoms with van der Waals surface area (Å²) < 4.78 is 45.1. The number of nitrogens with one attached hydrogen (secondary N) is 1. The molecule has 0 bridgehead atoms. The number of carbonyl (C=O) groups excluding carboxylic acids is 1. The van der Waals surface area contributed by atoms with Crippen LogP contribution in [0.2, 0.25) is 0 Å². The molecule has 0 atom stereocenters. The van der Waals surface area contributed by atoms with Gasteiger partial charge in [0.2, 0.25) is 10.0 Å².